The molecule has 1 unspecified atom stereocenters. The largest absolute Gasteiger partial charge is 0.380 e. The van der Waals surface area contributed by atoms with Crippen molar-refractivity contribution >= 4 is 11.6 Å². The molecule has 1 amide bonds. The number of amides is 1. The van der Waals surface area contributed by atoms with E-state index in [1.54, 1.807) is 0 Å². The van der Waals surface area contributed by atoms with Crippen LogP contribution in [0.3, 0.4) is 0 Å². The van der Waals surface area contributed by atoms with Gasteiger partial charge >= 0.3 is 0 Å². The average molecular weight is 248 g/mol. The van der Waals surface area contributed by atoms with E-state index >= 15 is 0 Å². The molecule has 1 atom stereocenters. The van der Waals surface area contributed by atoms with Crippen LogP contribution in [0.5, 0.6) is 0 Å². The summed E-state index contributed by atoms with van der Waals surface area (Å²) in [6.45, 7) is 3.94. The zero-order valence-corrected chi connectivity index (χ0v) is 10.7. The number of benzene rings is 1. The van der Waals surface area contributed by atoms with Crippen LogP contribution in [0.4, 0.5) is 5.69 Å². The highest BCUT2D eigenvalue weighted by molar-refractivity contribution is 5.89. The van der Waals surface area contributed by atoms with Gasteiger partial charge in [0.25, 0.3) is 0 Å². The lowest BCUT2D eigenvalue weighted by Gasteiger charge is -2.23. The van der Waals surface area contributed by atoms with Crippen molar-refractivity contribution in [3.63, 3.8) is 0 Å². The van der Waals surface area contributed by atoms with Gasteiger partial charge in [0, 0.05) is 31.8 Å². The van der Waals surface area contributed by atoms with Gasteiger partial charge in [0.05, 0.1) is 6.61 Å². The Bertz CT molecular complexity index is 401. The smallest absolute Gasteiger partial charge is 0.221 e. The first-order valence-corrected chi connectivity index (χ1v) is 6.42. The summed E-state index contributed by atoms with van der Waals surface area (Å²) in [7, 11) is 0. The van der Waals surface area contributed by atoms with Crippen LogP contribution in [0.25, 0.3) is 0 Å². The molecule has 1 aromatic rings. The Hall–Kier alpha value is -1.39. The molecule has 1 heterocycles. The number of para-hydroxylation sites is 1. The van der Waals surface area contributed by atoms with Crippen molar-refractivity contribution in [2.24, 2.45) is 0 Å². The molecule has 1 saturated heterocycles. The van der Waals surface area contributed by atoms with Crippen LogP contribution in [0.15, 0.2) is 24.3 Å². The van der Waals surface area contributed by atoms with E-state index in [1.165, 1.54) is 6.92 Å². The summed E-state index contributed by atoms with van der Waals surface area (Å²) >= 11 is 0. The number of hydrogen-bond acceptors (Lipinski definition) is 3. The minimum Gasteiger partial charge on any atom is -0.380 e. The first-order chi connectivity index (χ1) is 8.75. The van der Waals surface area contributed by atoms with Crippen molar-refractivity contribution in [3.8, 4) is 0 Å². The van der Waals surface area contributed by atoms with Gasteiger partial charge in [-0.25, -0.2) is 0 Å². The number of carbonyl (C=O) groups excluding carboxylic acids is 1. The van der Waals surface area contributed by atoms with Gasteiger partial charge in [-0.05, 0) is 24.5 Å². The van der Waals surface area contributed by atoms with Gasteiger partial charge < -0.3 is 15.4 Å². The fraction of sp³-hybridized carbons (Fsp3) is 0.500. The van der Waals surface area contributed by atoms with Crippen molar-refractivity contribution in [2.45, 2.75) is 32.4 Å². The number of rotatable bonds is 4. The van der Waals surface area contributed by atoms with E-state index in [4.69, 9.17) is 4.74 Å². The fourth-order valence-corrected chi connectivity index (χ4v) is 2.14. The molecule has 1 fully saturated rings. The normalized spacial score (nSPS) is 19.5. The quantitative estimate of drug-likeness (QED) is 0.856. The maximum absolute atomic E-state index is 11.1. The predicted octanol–water partition coefficient (Wildman–Crippen LogP) is 1.91. The third-order valence-corrected chi connectivity index (χ3v) is 3.07. The van der Waals surface area contributed by atoms with E-state index < -0.39 is 0 Å². The molecule has 1 aromatic carbocycles. The summed E-state index contributed by atoms with van der Waals surface area (Å²) in [4.78, 5) is 11.1. The maximum atomic E-state index is 11.1. The maximum Gasteiger partial charge on any atom is 0.221 e. The molecule has 4 heteroatoms. The lowest BCUT2D eigenvalue weighted by Crippen LogP contribution is -2.36. The SMILES string of the molecule is CC(=O)Nc1ccccc1CNC1CCCOC1. The Morgan fingerprint density at radius 1 is 1.44 bits per heavy atom. The second-order valence-electron chi connectivity index (χ2n) is 4.63. The van der Waals surface area contributed by atoms with E-state index in [0.717, 1.165) is 43.9 Å². The molecule has 0 aliphatic carbocycles. The van der Waals surface area contributed by atoms with Gasteiger partial charge in [-0.2, -0.15) is 0 Å². The van der Waals surface area contributed by atoms with Gasteiger partial charge in [0.15, 0.2) is 0 Å². The number of carbonyl (C=O) groups is 1. The number of anilines is 1. The van der Waals surface area contributed by atoms with Crippen molar-refractivity contribution in [1.82, 2.24) is 5.32 Å². The molecule has 98 valence electrons. The van der Waals surface area contributed by atoms with Gasteiger partial charge in [-0.1, -0.05) is 18.2 Å². The van der Waals surface area contributed by atoms with Gasteiger partial charge in [-0.3, -0.25) is 4.79 Å². The average Bonchev–Trinajstić information content (AvgIpc) is 2.38. The third kappa shape index (κ3) is 3.82. The molecule has 1 aliphatic heterocycles. The summed E-state index contributed by atoms with van der Waals surface area (Å²) < 4.78 is 5.43. The van der Waals surface area contributed by atoms with Crippen molar-refractivity contribution < 1.29 is 9.53 Å². The zero-order valence-electron chi connectivity index (χ0n) is 10.7. The molecule has 0 aromatic heterocycles. The van der Waals surface area contributed by atoms with Crippen LogP contribution in [-0.2, 0) is 16.1 Å². The molecule has 4 nitrogen and oxygen atoms in total. The Kier molecular flexibility index (Phi) is 4.73. The molecule has 2 N–H and O–H groups in total. The summed E-state index contributed by atoms with van der Waals surface area (Å²) in [6, 6.07) is 8.29. The standard InChI is InChI=1S/C14H20N2O2/c1-11(17)16-14-7-3-2-5-12(14)9-15-13-6-4-8-18-10-13/h2-3,5,7,13,15H,4,6,8-10H2,1H3,(H,16,17). The molecule has 1 aliphatic rings. The van der Waals surface area contributed by atoms with E-state index in [1.807, 2.05) is 24.3 Å². The topological polar surface area (TPSA) is 50.4 Å². The summed E-state index contributed by atoms with van der Waals surface area (Å²) in [6.07, 6.45) is 2.27. The van der Waals surface area contributed by atoms with Gasteiger partial charge in [-0.15, -0.1) is 0 Å². The van der Waals surface area contributed by atoms with Gasteiger partial charge in [0.2, 0.25) is 5.91 Å². The van der Waals surface area contributed by atoms with Crippen molar-refractivity contribution in [2.75, 3.05) is 18.5 Å². The minimum absolute atomic E-state index is 0.0385. The highest BCUT2D eigenvalue weighted by Gasteiger charge is 2.13. The van der Waals surface area contributed by atoms with Crippen LogP contribution < -0.4 is 10.6 Å². The molecule has 0 saturated carbocycles. The summed E-state index contributed by atoms with van der Waals surface area (Å²) in [5.41, 5.74) is 1.99. The lowest BCUT2D eigenvalue weighted by atomic mass is 10.1. The van der Waals surface area contributed by atoms with Crippen LogP contribution >= 0.6 is 0 Å². The molecule has 0 radical (unpaired) electrons. The lowest BCUT2D eigenvalue weighted by molar-refractivity contribution is -0.114. The molecular formula is C14H20N2O2. The Morgan fingerprint density at radius 3 is 3.00 bits per heavy atom. The number of nitrogens with one attached hydrogen (secondary N) is 2. The number of ether oxygens (including phenoxy) is 1. The molecule has 0 bridgehead atoms. The number of hydrogen-bond donors (Lipinski definition) is 2. The van der Waals surface area contributed by atoms with E-state index in [0.29, 0.717) is 6.04 Å². The predicted molar refractivity (Wildman–Crippen MR) is 71.4 cm³/mol. The zero-order chi connectivity index (χ0) is 12.8. The molecule has 18 heavy (non-hydrogen) atoms. The molecule has 0 spiro atoms. The Balaban J connectivity index is 1.93. The van der Waals surface area contributed by atoms with Gasteiger partial charge in [0.1, 0.15) is 0 Å². The second kappa shape index (κ2) is 6.52. The Morgan fingerprint density at radius 2 is 2.28 bits per heavy atom. The minimum atomic E-state index is -0.0385. The first-order valence-electron chi connectivity index (χ1n) is 6.42. The first kappa shape index (κ1) is 13.1. The Labute approximate surface area is 108 Å². The van der Waals surface area contributed by atoms with Crippen LogP contribution in [0.2, 0.25) is 0 Å². The molecular weight excluding hydrogens is 228 g/mol. The highest BCUT2D eigenvalue weighted by atomic mass is 16.5. The van der Waals surface area contributed by atoms with Crippen LogP contribution in [-0.4, -0.2) is 25.2 Å². The third-order valence-electron chi connectivity index (χ3n) is 3.07. The van der Waals surface area contributed by atoms with Crippen molar-refractivity contribution in [3.05, 3.63) is 29.8 Å². The monoisotopic (exact) mass is 248 g/mol. The molecule has 2 rings (SSSR count). The van der Waals surface area contributed by atoms with Crippen LogP contribution in [0, 0.1) is 0 Å². The van der Waals surface area contributed by atoms with Crippen LogP contribution in [0.1, 0.15) is 25.3 Å². The van der Waals surface area contributed by atoms with E-state index in [2.05, 4.69) is 10.6 Å². The fourth-order valence-electron chi connectivity index (χ4n) is 2.14. The highest BCUT2D eigenvalue weighted by Crippen LogP contribution is 2.15. The summed E-state index contributed by atoms with van der Waals surface area (Å²) in [5, 5.41) is 6.33. The van der Waals surface area contributed by atoms with E-state index in [9.17, 15) is 4.79 Å². The van der Waals surface area contributed by atoms with E-state index in [-0.39, 0.29) is 5.91 Å². The second-order valence-corrected chi connectivity index (χ2v) is 4.63. The van der Waals surface area contributed by atoms with Crippen molar-refractivity contribution in [1.29, 1.82) is 0 Å². The summed E-state index contributed by atoms with van der Waals surface area (Å²) in [5.74, 6) is -0.0385.